The SMILES string of the molecule is O=C(Nc1ccc([N+](=O)[O-])cc1)C1CN(S(=O)(=O)C2CC2)C1. The number of rotatable bonds is 5. The number of benzene rings is 1. The molecule has 0 radical (unpaired) electrons. The van der Waals surface area contributed by atoms with Gasteiger partial charge >= 0.3 is 0 Å². The molecule has 0 atom stereocenters. The van der Waals surface area contributed by atoms with Gasteiger partial charge in [0, 0.05) is 30.9 Å². The first-order chi connectivity index (χ1) is 10.4. The smallest absolute Gasteiger partial charge is 0.269 e. The van der Waals surface area contributed by atoms with Crippen molar-refractivity contribution in [3.8, 4) is 0 Å². The molecular weight excluding hydrogens is 310 g/mol. The maximum absolute atomic E-state index is 12.0. The van der Waals surface area contributed by atoms with Crippen molar-refractivity contribution < 1.29 is 18.1 Å². The lowest BCUT2D eigenvalue weighted by molar-refractivity contribution is -0.384. The van der Waals surface area contributed by atoms with Crippen molar-refractivity contribution in [3.05, 3.63) is 34.4 Å². The van der Waals surface area contributed by atoms with Gasteiger partial charge in [-0.15, -0.1) is 0 Å². The van der Waals surface area contributed by atoms with E-state index < -0.39 is 14.9 Å². The lowest BCUT2D eigenvalue weighted by Crippen LogP contribution is -2.55. The van der Waals surface area contributed by atoms with E-state index in [1.807, 2.05) is 0 Å². The van der Waals surface area contributed by atoms with E-state index in [2.05, 4.69) is 5.32 Å². The average molecular weight is 325 g/mol. The molecule has 3 rings (SSSR count). The summed E-state index contributed by atoms with van der Waals surface area (Å²) in [4.78, 5) is 22.0. The number of amides is 1. The molecule has 0 aromatic heterocycles. The van der Waals surface area contributed by atoms with Crippen LogP contribution in [0.15, 0.2) is 24.3 Å². The zero-order valence-corrected chi connectivity index (χ0v) is 12.5. The monoisotopic (exact) mass is 325 g/mol. The standard InChI is InChI=1S/C13H15N3O5S/c17-13(14-10-1-3-11(4-2-10)16(18)19)9-7-15(8-9)22(20,21)12-5-6-12/h1-4,9,12H,5-8H2,(H,14,17). The fourth-order valence-corrected chi connectivity index (χ4v) is 4.23. The van der Waals surface area contributed by atoms with Gasteiger partial charge in [0.25, 0.3) is 5.69 Å². The van der Waals surface area contributed by atoms with E-state index in [0.29, 0.717) is 18.5 Å². The van der Waals surface area contributed by atoms with Crippen molar-refractivity contribution in [2.24, 2.45) is 5.92 Å². The van der Waals surface area contributed by atoms with Crippen LogP contribution in [0.2, 0.25) is 0 Å². The quantitative estimate of drug-likeness (QED) is 0.640. The minimum absolute atomic E-state index is 0.0525. The number of nitro benzene ring substituents is 1. The molecule has 2 aliphatic rings. The minimum Gasteiger partial charge on any atom is -0.326 e. The van der Waals surface area contributed by atoms with E-state index in [-0.39, 0.29) is 35.9 Å². The Bertz CT molecular complexity index is 706. The Morgan fingerprint density at radius 3 is 2.32 bits per heavy atom. The van der Waals surface area contributed by atoms with Crippen LogP contribution in [0.5, 0.6) is 0 Å². The Hall–Kier alpha value is -2.00. The minimum atomic E-state index is -3.21. The molecule has 0 spiro atoms. The fraction of sp³-hybridized carbons (Fsp3) is 0.462. The number of anilines is 1. The average Bonchev–Trinajstić information content (AvgIpc) is 3.21. The van der Waals surface area contributed by atoms with E-state index in [1.54, 1.807) is 0 Å². The molecule has 9 heteroatoms. The number of nitro groups is 1. The van der Waals surface area contributed by atoms with Crippen LogP contribution in [0, 0.1) is 16.0 Å². The van der Waals surface area contributed by atoms with Crippen LogP contribution in [-0.2, 0) is 14.8 Å². The first kappa shape index (κ1) is 14.9. The van der Waals surface area contributed by atoms with Crippen LogP contribution in [0.1, 0.15) is 12.8 Å². The van der Waals surface area contributed by atoms with Crippen molar-refractivity contribution in [1.29, 1.82) is 0 Å². The highest BCUT2D eigenvalue weighted by atomic mass is 32.2. The van der Waals surface area contributed by atoms with E-state index in [4.69, 9.17) is 0 Å². The highest BCUT2D eigenvalue weighted by Crippen LogP contribution is 2.34. The number of hydrogen-bond acceptors (Lipinski definition) is 5. The first-order valence-electron chi connectivity index (χ1n) is 6.92. The van der Waals surface area contributed by atoms with Crippen molar-refractivity contribution in [1.82, 2.24) is 4.31 Å². The summed E-state index contributed by atoms with van der Waals surface area (Å²) in [7, 11) is -3.21. The summed E-state index contributed by atoms with van der Waals surface area (Å²) < 4.78 is 25.2. The highest BCUT2D eigenvalue weighted by molar-refractivity contribution is 7.90. The molecule has 0 unspecified atom stereocenters. The topological polar surface area (TPSA) is 110 Å². The van der Waals surface area contributed by atoms with Gasteiger partial charge in [-0.1, -0.05) is 0 Å². The molecule has 1 saturated carbocycles. The number of carbonyl (C=O) groups is 1. The second-order valence-electron chi connectivity index (χ2n) is 5.55. The van der Waals surface area contributed by atoms with Gasteiger partial charge in [0.05, 0.1) is 16.1 Å². The van der Waals surface area contributed by atoms with Crippen LogP contribution in [0.4, 0.5) is 11.4 Å². The molecule has 22 heavy (non-hydrogen) atoms. The van der Waals surface area contributed by atoms with Crippen LogP contribution in [0.25, 0.3) is 0 Å². The molecule has 1 aromatic rings. The van der Waals surface area contributed by atoms with Crippen molar-refractivity contribution >= 4 is 27.3 Å². The first-order valence-corrected chi connectivity index (χ1v) is 8.42. The van der Waals surface area contributed by atoms with Gasteiger partial charge < -0.3 is 5.32 Å². The normalized spacial score (nSPS) is 19.5. The predicted molar refractivity (Wildman–Crippen MR) is 78.7 cm³/mol. The second kappa shape index (κ2) is 5.33. The van der Waals surface area contributed by atoms with Gasteiger partial charge in [-0.2, -0.15) is 4.31 Å². The summed E-state index contributed by atoms with van der Waals surface area (Å²) in [5.74, 6) is -0.639. The van der Waals surface area contributed by atoms with E-state index in [0.717, 1.165) is 0 Å². The van der Waals surface area contributed by atoms with Gasteiger partial charge in [0.15, 0.2) is 0 Å². The van der Waals surface area contributed by atoms with Crippen molar-refractivity contribution in [3.63, 3.8) is 0 Å². The predicted octanol–water partition coefficient (Wildman–Crippen LogP) is 0.957. The zero-order valence-electron chi connectivity index (χ0n) is 11.6. The number of non-ortho nitro benzene ring substituents is 1. The Kier molecular flexibility index (Phi) is 3.61. The fourth-order valence-electron chi connectivity index (χ4n) is 2.30. The second-order valence-corrected chi connectivity index (χ2v) is 7.76. The molecule has 1 aromatic carbocycles. The molecule has 1 N–H and O–H groups in total. The van der Waals surface area contributed by atoms with Crippen LogP contribution < -0.4 is 5.32 Å². The summed E-state index contributed by atoms with van der Waals surface area (Å²) in [5, 5.41) is 12.9. The molecule has 1 aliphatic heterocycles. The van der Waals surface area contributed by atoms with Crippen LogP contribution >= 0.6 is 0 Å². The number of hydrogen-bond donors (Lipinski definition) is 1. The van der Waals surface area contributed by atoms with Gasteiger partial charge in [-0.25, -0.2) is 8.42 Å². The molecule has 1 heterocycles. The third kappa shape index (κ3) is 2.81. The Labute approximate surface area is 127 Å². The van der Waals surface area contributed by atoms with Gasteiger partial charge in [0.1, 0.15) is 0 Å². The summed E-state index contributed by atoms with van der Waals surface area (Å²) in [6, 6.07) is 5.52. The number of sulfonamides is 1. The maximum Gasteiger partial charge on any atom is 0.269 e. The lowest BCUT2D eigenvalue weighted by Gasteiger charge is -2.37. The molecule has 1 amide bonds. The van der Waals surface area contributed by atoms with Gasteiger partial charge in [-0.05, 0) is 25.0 Å². The van der Waals surface area contributed by atoms with Crippen molar-refractivity contribution in [2.45, 2.75) is 18.1 Å². The summed E-state index contributed by atoms with van der Waals surface area (Å²) >= 11 is 0. The maximum atomic E-state index is 12.0. The van der Waals surface area contributed by atoms with E-state index in [9.17, 15) is 23.3 Å². The summed E-state index contributed by atoms with van der Waals surface area (Å²) in [5.41, 5.74) is 0.405. The third-order valence-corrected chi connectivity index (χ3v) is 6.20. The van der Waals surface area contributed by atoms with Gasteiger partial charge in [-0.3, -0.25) is 14.9 Å². The highest BCUT2D eigenvalue weighted by Gasteiger charge is 2.46. The van der Waals surface area contributed by atoms with E-state index >= 15 is 0 Å². The summed E-state index contributed by atoms with van der Waals surface area (Å²) in [6.07, 6.45) is 1.41. The lowest BCUT2D eigenvalue weighted by atomic mass is 10.0. The third-order valence-electron chi connectivity index (χ3n) is 3.87. The Balaban J connectivity index is 1.54. The largest absolute Gasteiger partial charge is 0.326 e. The van der Waals surface area contributed by atoms with Crippen LogP contribution in [-0.4, -0.2) is 41.9 Å². The molecule has 1 saturated heterocycles. The van der Waals surface area contributed by atoms with E-state index in [1.165, 1.54) is 28.6 Å². The molecule has 2 fully saturated rings. The number of nitrogens with one attached hydrogen (secondary N) is 1. The molecular formula is C13H15N3O5S. The molecule has 0 bridgehead atoms. The zero-order chi connectivity index (χ0) is 15.9. The van der Waals surface area contributed by atoms with Crippen molar-refractivity contribution in [2.75, 3.05) is 18.4 Å². The summed E-state index contributed by atoms with van der Waals surface area (Å²) in [6.45, 7) is 0.412. The Morgan fingerprint density at radius 1 is 1.23 bits per heavy atom. The number of carbonyl (C=O) groups excluding carboxylic acids is 1. The molecule has 1 aliphatic carbocycles. The Morgan fingerprint density at radius 2 is 1.82 bits per heavy atom. The molecule has 118 valence electrons. The number of nitrogens with zero attached hydrogens (tertiary/aromatic N) is 2. The molecule has 8 nitrogen and oxygen atoms in total. The van der Waals surface area contributed by atoms with Gasteiger partial charge in [0.2, 0.25) is 15.9 Å². The van der Waals surface area contributed by atoms with Crippen LogP contribution in [0.3, 0.4) is 0 Å².